The van der Waals surface area contributed by atoms with Crippen molar-refractivity contribution in [3.63, 3.8) is 0 Å². The molecule has 0 saturated carbocycles. The van der Waals surface area contributed by atoms with Gasteiger partial charge in [-0.15, -0.1) is 0 Å². The fraction of sp³-hybridized carbons (Fsp3) is 0.778. The molecule has 4 atom stereocenters. The van der Waals surface area contributed by atoms with E-state index in [2.05, 4.69) is 41.2 Å². The van der Waals surface area contributed by atoms with Gasteiger partial charge in [-0.2, -0.15) is 25.3 Å². The molecule has 13 heteroatoms. The first-order chi connectivity index (χ1) is 14.7. The lowest BCUT2D eigenvalue weighted by Gasteiger charge is -2.24. The van der Waals surface area contributed by atoms with E-state index in [-0.39, 0.29) is 17.9 Å². The summed E-state index contributed by atoms with van der Waals surface area (Å²) >= 11 is 8.06. The Hall–Kier alpha value is -1.54. The van der Waals surface area contributed by atoms with Crippen LogP contribution >= 0.6 is 25.3 Å². The highest BCUT2D eigenvalue weighted by Gasteiger charge is 2.29. The molecule has 11 nitrogen and oxygen atoms in total. The summed E-state index contributed by atoms with van der Waals surface area (Å²) in [7, 11) is 0. The summed E-state index contributed by atoms with van der Waals surface area (Å²) in [4.78, 5) is 48.7. The number of rotatable bonds is 17. The van der Waals surface area contributed by atoms with Crippen molar-refractivity contribution in [3.8, 4) is 0 Å². The highest BCUT2D eigenvalue weighted by atomic mass is 32.1. The first kappa shape index (κ1) is 29.5. The summed E-state index contributed by atoms with van der Waals surface area (Å²) in [5.74, 6) is -2.95. The van der Waals surface area contributed by atoms with Gasteiger partial charge in [0, 0.05) is 11.5 Å². The Balaban J connectivity index is 5.11. The van der Waals surface area contributed by atoms with Crippen LogP contribution in [0.4, 0.5) is 0 Å². The average Bonchev–Trinajstić information content (AvgIpc) is 2.74. The predicted octanol–water partition coefficient (Wildman–Crippen LogP) is -2.03. The number of nitrogens with two attached hydrogens (primary N) is 3. The average molecular weight is 481 g/mol. The molecule has 31 heavy (non-hydrogen) atoms. The fourth-order valence-electron chi connectivity index (χ4n) is 2.61. The van der Waals surface area contributed by atoms with E-state index in [1.807, 2.05) is 0 Å². The van der Waals surface area contributed by atoms with Crippen molar-refractivity contribution in [2.45, 2.75) is 62.7 Å². The molecule has 0 saturated heterocycles. The molecular formula is C18H36N6O5S2. The standard InChI is InChI=1S/C18H36N6O5S2/c19-7-3-1-5-12(22-15(25)11(21)9-30)16(26)24-14(10-31)17(27)23-13(18(28)29)6-2-4-8-20/h11-14,30-31H,1-10,19-21H2,(H,22,25)(H,23,27)(H,24,26)(H,28,29)/t11-,12-,13-,14-/m0/s1. The number of hydrogen-bond acceptors (Lipinski definition) is 9. The minimum Gasteiger partial charge on any atom is -0.480 e. The molecule has 0 fully saturated rings. The summed E-state index contributed by atoms with van der Waals surface area (Å²) in [6.45, 7) is 0.852. The normalized spacial score (nSPS) is 14.7. The lowest BCUT2D eigenvalue weighted by atomic mass is 10.1. The number of carboxylic acid groups (broad SMARTS) is 1. The van der Waals surface area contributed by atoms with Gasteiger partial charge in [-0.3, -0.25) is 14.4 Å². The Morgan fingerprint density at radius 1 is 0.710 bits per heavy atom. The smallest absolute Gasteiger partial charge is 0.326 e. The van der Waals surface area contributed by atoms with Crippen LogP contribution in [0.15, 0.2) is 0 Å². The predicted molar refractivity (Wildman–Crippen MR) is 125 cm³/mol. The largest absolute Gasteiger partial charge is 0.480 e. The van der Waals surface area contributed by atoms with Crippen molar-refractivity contribution in [3.05, 3.63) is 0 Å². The van der Waals surface area contributed by atoms with Crippen LogP contribution in [0, 0.1) is 0 Å². The van der Waals surface area contributed by atoms with E-state index in [1.54, 1.807) is 0 Å². The summed E-state index contributed by atoms with van der Waals surface area (Å²) in [5, 5.41) is 16.8. The van der Waals surface area contributed by atoms with Crippen molar-refractivity contribution in [1.82, 2.24) is 16.0 Å². The van der Waals surface area contributed by atoms with E-state index >= 15 is 0 Å². The maximum absolute atomic E-state index is 12.7. The van der Waals surface area contributed by atoms with E-state index < -0.39 is 47.9 Å². The number of carboxylic acids is 1. The zero-order chi connectivity index (χ0) is 23.8. The summed E-state index contributed by atoms with van der Waals surface area (Å²) in [6, 6.07) is -4.01. The van der Waals surface area contributed by atoms with Crippen LogP contribution in [0.2, 0.25) is 0 Å². The number of thiol groups is 2. The first-order valence-corrected chi connectivity index (χ1v) is 11.5. The highest BCUT2D eigenvalue weighted by Crippen LogP contribution is 2.05. The quantitative estimate of drug-likeness (QED) is 0.0837. The molecule has 0 aromatic heterocycles. The van der Waals surface area contributed by atoms with E-state index in [0.717, 1.165) is 0 Å². The number of carbonyl (C=O) groups is 4. The van der Waals surface area contributed by atoms with Gasteiger partial charge in [0.15, 0.2) is 0 Å². The van der Waals surface area contributed by atoms with Gasteiger partial charge in [-0.25, -0.2) is 4.79 Å². The third-order valence-corrected chi connectivity index (χ3v) is 5.25. The van der Waals surface area contributed by atoms with E-state index in [1.165, 1.54) is 0 Å². The zero-order valence-corrected chi connectivity index (χ0v) is 19.4. The lowest BCUT2D eigenvalue weighted by molar-refractivity contribution is -0.142. The van der Waals surface area contributed by atoms with E-state index in [9.17, 15) is 24.3 Å². The van der Waals surface area contributed by atoms with Crippen LogP contribution in [0.1, 0.15) is 38.5 Å². The topological polar surface area (TPSA) is 203 Å². The fourth-order valence-corrected chi connectivity index (χ4v) is 3.04. The third kappa shape index (κ3) is 12.2. The van der Waals surface area contributed by atoms with Crippen LogP contribution in [0.5, 0.6) is 0 Å². The molecule has 0 bridgehead atoms. The molecule has 0 aliphatic rings. The molecule has 3 amide bonds. The number of hydrogen-bond donors (Lipinski definition) is 9. The Kier molecular flexibility index (Phi) is 16.2. The molecule has 0 unspecified atom stereocenters. The second kappa shape index (κ2) is 17.1. The minimum atomic E-state index is -1.18. The van der Waals surface area contributed by atoms with E-state index in [4.69, 9.17) is 17.2 Å². The first-order valence-electron chi connectivity index (χ1n) is 10.2. The molecule has 10 N–H and O–H groups in total. The molecular weight excluding hydrogens is 444 g/mol. The van der Waals surface area contributed by atoms with Crippen LogP contribution in [0.25, 0.3) is 0 Å². The summed E-state index contributed by atoms with van der Waals surface area (Å²) in [5.41, 5.74) is 16.5. The molecule has 0 aromatic rings. The Morgan fingerprint density at radius 3 is 1.61 bits per heavy atom. The van der Waals surface area contributed by atoms with Crippen molar-refractivity contribution in [1.29, 1.82) is 0 Å². The number of nitrogens with one attached hydrogen (secondary N) is 3. The van der Waals surface area contributed by atoms with Crippen LogP contribution < -0.4 is 33.2 Å². The van der Waals surface area contributed by atoms with Crippen LogP contribution in [-0.4, -0.2) is 77.6 Å². The maximum Gasteiger partial charge on any atom is 0.326 e. The van der Waals surface area contributed by atoms with Crippen molar-refractivity contribution < 1.29 is 24.3 Å². The third-order valence-electron chi connectivity index (χ3n) is 4.49. The van der Waals surface area contributed by atoms with Crippen LogP contribution in [-0.2, 0) is 19.2 Å². The van der Waals surface area contributed by atoms with Gasteiger partial charge in [-0.05, 0) is 51.6 Å². The van der Waals surface area contributed by atoms with Gasteiger partial charge in [0.2, 0.25) is 17.7 Å². The Morgan fingerprint density at radius 2 is 1.16 bits per heavy atom. The number of carbonyl (C=O) groups excluding carboxylic acids is 3. The monoisotopic (exact) mass is 480 g/mol. The van der Waals surface area contributed by atoms with Crippen molar-refractivity contribution >= 4 is 48.9 Å². The summed E-state index contributed by atoms with van der Waals surface area (Å²) < 4.78 is 0. The molecule has 0 aliphatic carbocycles. The molecule has 180 valence electrons. The molecule has 0 radical (unpaired) electrons. The molecule has 0 heterocycles. The highest BCUT2D eigenvalue weighted by molar-refractivity contribution is 7.80. The molecule has 0 rings (SSSR count). The lowest BCUT2D eigenvalue weighted by Crippen LogP contribution is -2.57. The van der Waals surface area contributed by atoms with E-state index in [0.29, 0.717) is 45.2 Å². The minimum absolute atomic E-state index is 0.0632. The molecule has 0 aliphatic heterocycles. The van der Waals surface area contributed by atoms with Gasteiger partial charge in [-0.1, -0.05) is 0 Å². The second-order valence-electron chi connectivity index (χ2n) is 7.06. The molecule has 0 spiro atoms. The Labute approximate surface area is 193 Å². The van der Waals surface area contributed by atoms with Gasteiger partial charge in [0.05, 0.1) is 6.04 Å². The maximum atomic E-state index is 12.7. The van der Waals surface area contributed by atoms with Crippen molar-refractivity contribution in [2.24, 2.45) is 17.2 Å². The van der Waals surface area contributed by atoms with Crippen LogP contribution in [0.3, 0.4) is 0 Å². The van der Waals surface area contributed by atoms with Gasteiger partial charge >= 0.3 is 5.97 Å². The van der Waals surface area contributed by atoms with Gasteiger partial charge in [0.25, 0.3) is 0 Å². The Bertz CT molecular complexity index is 584. The zero-order valence-electron chi connectivity index (χ0n) is 17.6. The second-order valence-corrected chi connectivity index (χ2v) is 7.79. The SMILES string of the molecule is NCCCC[C@H](NC(=O)[C@H](CS)NC(=O)[C@H](CCCCN)NC(=O)[C@@H](N)CS)C(=O)O. The number of amides is 3. The number of aliphatic carboxylic acids is 1. The van der Waals surface area contributed by atoms with Gasteiger partial charge in [0.1, 0.15) is 18.1 Å². The van der Waals surface area contributed by atoms with Crippen molar-refractivity contribution in [2.75, 3.05) is 24.6 Å². The molecule has 0 aromatic carbocycles. The number of unbranched alkanes of at least 4 members (excludes halogenated alkanes) is 2. The van der Waals surface area contributed by atoms with Gasteiger partial charge < -0.3 is 38.3 Å². The summed E-state index contributed by atoms with van der Waals surface area (Å²) in [6.07, 6.45) is 2.90.